The van der Waals surface area contributed by atoms with Gasteiger partial charge < -0.3 is 15.7 Å². The highest BCUT2D eigenvalue weighted by Crippen LogP contribution is 2.23. The molecule has 0 saturated carbocycles. The number of aliphatic carboxylic acids is 1. The Balaban J connectivity index is 2.04. The number of carboxylic acids is 1. The Hall–Kier alpha value is -2.04. The topological polar surface area (TPSA) is 78.4 Å². The maximum absolute atomic E-state index is 12.2. The molecule has 1 heterocycles. The standard InChI is InChI=1S/C15H20N2O3/c1-2-3-12(9-14(18)19)17-15(20)11-4-5-13-10(8-11)6-7-16-13/h4-5,8,12,16H,2-3,6-7,9H2,1H3,(H,17,20)(H,18,19). The Morgan fingerprint density at radius 2 is 2.25 bits per heavy atom. The molecule has 0 aromatic heterocycles. The SMILES string of the molecule is CCCC(CC(=O)O)NC(=O)c1ccc2c(c1)CCN2. The van der Waals surface area contributed by atoms with Gasteiger partial charge in [-0.1, -0.05) is 13.3 Å². The normalized spacial score (nSPS) is 14.2. The zero-order chi connectivity index (χ0) is 14.5. The molecular formula is C15H20N2O3. The number of fused-ring (bicyclic) bond motifs is 1. The van der Waals surface area contributed by atoms with Crippen LogP contribution in [0.4, 0.5) is 5.69 Å². The van der Waals surface area contributed by atoms with Crippen molar-refractivity contribution >= 4 is 17.6 Å². The number of hydrogen-bond acceptors (Lipinski definition) is 3. The largest absolute Gasteiger partial charge is 0.481 e. The van der Waals surface area contributed by atoms with Crippen LogP contribution in [0.2, 0.25) is 0 Å². The van der Waals surface area contributed by atoms with E-state index in [1.54, 1.807) is 6.07 Å². The number of carbonyl (C=O) groups is 2. The first-order chi connectivity index (χ1) is 9.60. The maximum atomic E-state index is 12.2. The number of hydrogen-bond donors (Lipinski definition) is 3. The minimum atomic E-state index is -0.887. The zero-order valence-corrected chi connectivity index (χ0v) is 11.6. The number of rotatable bonds is 6. The molecule has 0 saturated heterocycles. The predicted molar refractivity (Wildman–Crippen MR) is 77.1 cm³/mol. The van der Waals surface area contributed by atoms with Crippen molar-refractivity contribution in [1.82, 2.24) is 5.32 Å². The van der Waals surface area contributed by atoms with Gasteiger partial charge in [-0.05, 0) is 36.6 Å². The molecule has 108 valence electrons. The van der Waals surface area contributed by atoms with Crippen LogP contribution in [0.3, 0.4) is 0 Å². The monoisotopic (exact) mass is 276 g/mol. The average molecular weight is 276 g/mol. The molecule has 5 heteroatoms. The van der Waals surface area contributed by atoms with Crippen molar-refractivity contribution in [3.05, 3.63) is 29.3 Å². The molecule has 1 aliphatic rings. The molecule has 0 fully saturated rings. The first-order valence-corrected chi connectivity index (χ1v) is 6.99. The third-order valence-electron chi connectivity index (χ3n) is 3.47. The van der Waals surface area contributed by atoms with Crippen molar-refractivity contribution in [2.75, 3.05) is 11.9 Å². The summed E-state index contributed by atoms with van der Waals surface area (Å²) in [5, 5.41) is 14.9. The molecule has 1 aromatic carbocycles. The van der Waals surface area contributed by atoms with Gasteiger partial charge in [-0.25, -0.2) is 0 Å². The highest BCUT2D eigenvalue weighted by Gasteiger charge is 2.18. The smallest absolute Gasteiger partial charge is 0.305 e. The third kappa shape index (κ3) is 3.50. The summed E-state index contributed by atoms with van der Waals surface area (Å²) in [5.74, 6) is -1.08. The second-order valence-electron chi connectivity index (χ2n) is 5.11. The highest BCUT2D eigenvalue weighted by molar-refractivity contribution is 5.95. The van der Waals surface area contributed by atoms with Gasteiger partial charge in [0.15, 0.2) is 0 Å². The Labute approximate surface area is 118 Å². The Kier molecular flexibility index (Phi) is 4.61. The third-order valence-corrected chi connectivity index (χ3v) is 3.47. The highest BCUT2D eigenvalue weighted by atomic mass is 16.4. The summed E-state index contributed by atoms with van der Waals surface area (Å²) in [6, 6.07) is 5.25. The Morgan fingerprint density at radius 3 is 2.95 bits per heavy atom. The van der Waals surface area contributed by atoms with Crippen LogP contribution in [0.5, 0.6) is 0 Å². The van der Waals surface area contributed by atoms with Gasteiger partial charge in [0.05, 0.1) is 6.42 Å². The van der Waals surface area contributed by atoms with Gasteiger partial charge >= 0.3 is 5.97 Å². The molecule has 1 unspecified atom stereocenters. The molecule has 1 aromatic rings. The first kappa shape index (κ1) is 14.4. The molecule has 1 aliphatic heterocycles. The molecule has 0 spiro atoms. The van der Waals surface area contributed by atoms with Crippen LogP contribution < -0.4 is 10.6 Å². The van der Waals surface area contributed by atoms with Gasteiger partial charge in [-0.3, -0.25) is 9.59 Å². The second kappa shape index (κ2) is 6.41. The van der Waals surface area contributed by atoms with Gasteiger partial charge in [0.2, 0.25) is 0 Å². The van der Waals surface area contributed by atoms with Crippen LogP contribution in [-0.2, 0) is 11.2 Å². The lowest BCUT2D eigenvalue weighted by atomic mass is 10.1. The lowest BCUT2D eigenvalue weighted by molar-refractivity contribution is -0.137. The molecular weight excluding hydrogens is 256 g/mol. The molecule has 0 radical (unpaired) electrons. The second-order valence-corrected chi connectivity index (χ2v) is 5.11. The van der Waals surface area contributed by atoms with E-state index in [1.165, 1.54) is 0 Å². The average Bonchev–Trinajstić information content (AvgIpc) is 2.85. The Bertz CT molecular complexity index is 514. The van der Waals surface area contributed by atoms with Crippen molar-refractivity contribution in [1.29, 1.82) is 0 Å². The van der Waals surface area contributed by atoms with Gasteiger partial charge in [0.25, 0.3) is 5.91 Å². The Morgan fingerprint density at radius 1 is 1.45 bits per heavy atom. The maximum Gasteiger partial charge on any atom is 0.305 e. The van der Waals surface area contributed by atoms with Gasteiger partial charge in [-0.2, -0.15) is 0 Å². The molecule has 1 atom stereocenters. The number of amides is 1. The molecule has 2 rings (SSSR count). The number of benzene rings is 1. The molecule has 3 N–H and O–H groups in total. The van der Waals surface area contributed by atoms with E-state index in [9.17, 15) is 9.59 Å². The quantitative estimate of drug-likeness (QED) is 0.743. The molecule has 5 nitrogen and oxygen atoms in total. The fraction of sp³-hybridized carbons (Fsp3) is 0.467. The van der Waals surface area contributed by atoms with Crippen molar-refractivity contribution in [2.45, 2.75) is 38.6 Å². The van der Waals surface area contributed by atoms with E-state index in [2.05, 4.69) is 10.6 Å². The van der Waals surface area contributed by atoms with E-state index in [0.29, 0.717) is 12.0 Å². The van der Waals surface area contributed by atoms with E-state index in [4.69, 9.17) is 5.11 Å². The number of nitrogens with one attached hydrogen (secondary N) is 2. The molecule has 20 heavy (non-hydrogen) atoms. The van der Waals surface area contributed by atoms with Crippen molar-refractivity contribution in [2.24, 2.45) is 0 Å². The van der Waals surface area contributed by atoms with E-state index in [0.717, 1.165) is 30.6 Å². The van der Waals surface area contributed by atoms with Crippen molar-refractivity contribution in [3.8, 4) is 0 Å². The molecule has 1 amide bonds. The van der Waals surface area contributed by atoms with Gasteiger partial charge in [0, 0.05) is 23.8 Å². The summed E-state index contributed by atoms with van der Waals surface area (Å²) >= 11 is 0. The fourth-order valence-electron chi connectivity index (χ4n) is 2.50. The lowest BCUT2D eigenvalue weighted by Gasteiger charge is -2.16. The fourth-order valence-corrected chi connectivity index (χ4v) is 2.50. The van der Waals surface area contributed by atoms with E-state index < -0.39 is 5.97 Å². The molecule has 0 aliphatic carbocycles. The summed E-state index contributed by atoms with van der Waals surface area (Å²) < 4.78 is 0. The van der Waals surface area contributed by atoms with Crippen LogP contribution in [0.25, 0.3) is 0 Å². The number of carbonyl (C=O) groups excluding carboxylic acids is 1. The van der Waals surface area contributed by atoms with Crippen LogP contribution in [-0.4, -0.2) is 29.6 Å². The summed E-state index contributed by atoms with van der Waals surface area (Å²) in [5.41, 5.74) is 2.82. The molecule has 0 bridgehead atoms. The number of anilines is 1. The van der Waals surface area contributed by atoms with Gasteiger partial charge in [0.1, 0.15) is 0 Å². The van der Waals surface area contributed by atoms with E-state index in [1.807, 2.05) is 19.1 Å². The van der Waals surface area contributed by atoms with E-state index in [-0.39, 0.29) is 18.4 Å². The predicted octanol–water partition coefficient (Wildman–Crippen LogP) is 2.03. The van der Waals surface area contributed by atoms with Crippen LogP contribution in [0.1, 0.15) is 42.1 Å². The summed E-state index contributed by atoms with van der Waals surface area (Å²) in [6.45, 7) is 2.87. The summed E-state index contributed by atoms with van der Waals surface area (Å²) in [7, 11) is 0. The lowest BCUT2D eigenvalue weighted by Crippen LogP contribution is -2.36. The van der Waals surface area contributed by atoms with E-state index >= 15 is 0 Å². The number of carboxylic acid groups (broad SMARTS) is 1. The summed E-state index contributed by atoms with van der Waals surface area (Å²) in [4.78, 5) is 23.0. The van der Waals surface area contributed by atoms with Crippen molar-refractivity contribution < 1.29 is 14.7 Å². The zero-order valence-electron chi connectivity index (χ0n) is 11.6. The summed E-state index contributed by atoms with van der Waals surface area (Å²) in [6.07, 6.45) is 2.40. The minimum Gasteiger partial charge on any atom is -0.481 e. The minimum absolute atomic E-state index is 0.0356. The first-order valence-electron chi connectivity index (χ1n) is 6.99. The van der Waals surface area contributed by atoms with Crippen molar-refractivity contribution in [3.63, 3.8) is 0 Å². The van der Waals surface area contributed by atoms with Gasteiger partial charge in [-0.15, -0.1) is 0 Å². The van der Waals surface area contributed by atoms with Crippen LogP contribution in [0, 0.1) is 0 Å². The van der Waals surface area contributed by atoms with Crippen LogP contribution >= 0.6 is 0 Å². The van der Waals surface area contributed by atoms with Crippen LogP contribution in [0.15, 0.2) is 18.2 Å².